The molecule has 0 bridgehead atoms. The Balaban J connectivity index is 2.50. The predicted octanol–water partition coefficient (Wildman–Crippen LogP) is 2.70. The van der Waals surface area contributed by atoms with E-state index >= 15 is 0 Å². The van der Waals surface area contributed by atoms with E-state index in [4.69, 9.17) is 5.73 Å². The Labute approximate surface area is 121 Å². The highest BCUT2D eigenvalue weighted by Crippen LogP contribution is 2.32. The maximum Gasteiger partial charge on any atom is 0.225 e. The van der Waals surface area contributed by atoms with E-state index in [9.17, 15) is 4.79 Å². The van der Waals surface area contributed by atoms with E-state index in [1.807, 2.05) is 6.92 Å². The van der Waals surface area contributed by atoms with E-state index in [1.165, 1.54) is 0 Å². The van der Waals surface area contributed by atoms with Gasteiger partial charge in [-0.1, -0.05) is 27.7 Å². The quantitative estimate of drug-likeness (QED) is 0.718. The van der Waals surface area contributed by atoms with Crippen LogP contribution in [0.1, 0.15) is 52.5 Å². The third-order valence-electron chi connectivity index (χ3n) is 3.82. The zero-order valence-electron chi connectivity index (χ0n) is 13.1. The summed E-state index contributed by atoms with van der Waals surface area (Å²) in [6, 6.07) is 0. The molecule has 20 heavy (non-hydrogen) atoms. The van der Waals surface area contributed by atoms with Crippen LogP contribution in [0.5, 0.6) is 0 Å². The van der Waals surface area contributed by atoms with Crippen molar-refractivity contribution in [1.82, 2.24) is 10.2 Å². The van der Waals surface area contributed by atoms with Crippen LogP contribution in [-0.4, -0.2) is 22.6 Å². The molecule has 0 saturated heterocycles. The lowest BCUT2D eigenvalue weighted by Gasteiger charge is -2.30. The summed E-state index contributed by atoms with van der Waals surface area (Å²) in [5.41, 5.74) is 6.88. The number of rotatable bonds is 7. The molecule has 4 N–H and O–H groups in total. The zero-order valence-corrected chi connectivity index (χ0v) is 13.1. The monoisotopic (exact) mass is 280 g/mol. The van der Waals surface area contributed by atoms with Crippen LogP contribution >= 0.6 is 0 Å². The van der Waals surface area contributed by atoms with E-state index < -0.39 is 0 Å². The zero-order chi connectivity index (χ0) is 15.2. The molecule has 5 heteroatoms. The van der Waals surface area contributed by atoms with Crippen molar-refractivity contribution in [1.29, 1.82) is 0 Å². The molecule has 0 aliphatic heterocycles. The van der Waals surface area contributed by atoms with Gasteiger partial charge in [-0.3, -0.25) is 9.89 Å². The average molecular weight is 280 g/mol. The molecule has 1 rings (SSSR count). The summed E-state index contributed by atoms with van der Waals surface area (Å²) in [4.78, 5) is 12.0. The number of nitrogens with one attached hydrogen (secondary N) is 2. The van der Waals surface area contributed by atoms with Crippen molar-refractivity contribution in [2.24, 2.45) is 17.1 Å². The Hall–Kier alpha value is -1.36. The van der Waals surface area contributed by atoms with E-state index in [2.05, 4.69) is 36.3 Å². The van der Waals surface area contributed by atoms with Crippen LogP contribution in [0.25, 0.3) is 0 Å². The Morgan fingerprint density at radius 3 is 2.70 bits per heavy atom. The standard InChI is InChI=1S/C15H28N4O/c1-5-11-10-17-19-14(11)18-13(20)7-6-12(8-9-16)15(2,3)4/h10,12H,5-9,16H2,1-4H3,(H2,17,18,19,20). The Morgan fingerprint density at radius 2 is 2.15 bits per heavy atom. The topological polar surface area (TPSA) is 83.8 Å². The van der Waals surface area contributed by atoms with Crippen molar-refractivity contribution >= 4 is 11.7 Å². The van der Waals surface area contributed by atoms with Crippen molar-refractivity contribution in [3.63, 3.8) is 0 Å². The first-order chi connectivity index (χ1) is 9.38. The number of H-pyrrole nitrogens is 1. The minimum absolute atomic E-state index is 0.0372. The van der Waals surface area contributed by atoms with Crippen molar-refractivity contribution in [2.75, 3.05) is 11.9 Å². The minimum Gasteiger partial charge on any atom is -0.330 e. The average Bonchev–Trinajstić information content (AvgIpc) is 2.80. The first-order valence-corrected chi connectivity index (χ1v) is 7.40. The van der Waals surface area contributed by atoms with E-state index in [1.54, 1.807) is 6.20 Å². The molecule has 0 aliphatic rings. The van der Waals surface area contributed by atoms with Crippen molar-refractivity contribution in [2.45, 2.75) is 53.4 Å². The highest BCUT2D eigenvalue weighted by molar-refractivity contribution is 5.90. The third kappa shape index (κ3) is 4.96. The van der Waals surface area contributed by atoms with Crippen LogP contribution in [-0.2, 0) is 11.2 Å². The van der Waals surface area contributed by atoms with Gasteiger partial charge >= 0.3 is 0 Å². The summed E-state index contributed by atoms with van der Waals surface area (Å²) >= 11 is 0. The normalized spacial score (nSPS) is 13.2. The van der Waals surface area contributed by atoms with Crippen molar-refractivity contribution < 1.29 is 4.79 Å². The summed E-state index contributed by atoms with van der Waals surface area (Å²) in [7, 11) is 0. The molecule has 1 heterocycles. The molecule has 0 saturated carbocycles. The predicted molar refractivity (Wildman–Crippen MR) is 82.4 cm³/mol. The maximum absolute atomic E-state index is 12.0. The lowest BCUT2D eigenvalue weighted by atomic mass is 9.76. The van der Waals surface area contributed by atoms with Gasteiger partial charge in [0.15, 0.2) is 0 Å². The fourth-order valence-corrected chi connectivity index (χ4v) is 2.41. The van der Waals surface area contributed by atoms with E-state index in [0.29, 0.717) is 18.9 Å². The number of nitrogens with two attached hydrogens (primary N) is 1. The lowest BCUT2D eigenvalue weighted by molar-refractivity contribution is -0.116. The summed E-state index contributed by atoms with van der Waals surface area (Å²) in [5, 5.41) is 9.68. The summed E-state index contributed by atoms with van der Waals surface area (Å²) in [6.07, 6.45) is 4.94. The summed E-state index contributed by atoms with van der Waals surface area (Å²) < 4.78 is 0. The van der Waals surface area contributed by atoms with Gasteiger partial charge < -0.3 is 11.1 Å². The number of hydrogen-bond acceptors (Lipinski definition) is 3. The molecule has 0 aromatic carbocycles. The molecule has 1 aromatic rings. The maximum atomic E-state index is 12.0. The van der Waals surface area contributed by atoms with Gasteiger partial charge in [0, 0.05) is 12.0 Å². The molecule has 1 unspecified atom stereocenters. The number of carbonyl (C=O) groups excluding carboxylic acids is 1. The molecule has 1 amide bonds. The number of nitrogens with zero attached hydrogens (tertiary/aromatic N) is 1. The molecule has 1 atom stereocenters. The summed E-state index contributed by atoms with van der Waals surface area (Å²) in [5.74, 6) is 1.23. The lowest BCUT2D eigenvalue weighted by Crippen LogP contribution is -2.25. The molecular formula is C15H28N4O. The SMILES string of the molecule is CCc1cn[nH]c1NC(=O)CCC(CCN)C(C)(C)C. The van der Waals surface area contributed by atoms with Gasteiger partial charge in [-0.2, -0.15) is 5.10 Å². The van der Waals surface area contributed by atoms with Gasteiger partial charge in [0.25, 0.3) is 0 Å². The summed E-state index contributed by atoms with van der Waals surface area (Å²) in [6.45, 7) is 9.32. The largest absolute Gasteiger partial charge is 0.330 e. The number of aromatic amines is 1. The molecular weight excluding hydrogens is 252 g/mol. The molecule has 114 valence electrons. The highest BCUT2D eigenvalue weighted by atomic mass is 16.1. The second-order valence-electron chi connectivity index (χ2n) is 6.35. The van der Waals surface area contributed by atoms with Gasteiger partial charge in [0.05, 0.1) is 6.20 Å². The Morgan fingerprint density at radius 1 is 1.45 bits per heavy atom. The smallest absolute Gasteiger partial charge is 0.225 e. The van der Waals surface area contributed by atoms with Crippen LogP contribution < -0.4 is 11.1 Å². The number of aromatic nitrogens is 2. The van der Waals surface area contributed by atoms with Crippen LogP contribution in [0.2, 0.25) is 0 Å². The van der Waals surface area contributed by atoms with Crippen molar-refractivity contribution in [3.05, 3.63) is 11.8 Å². The second kappa shape index (κ2) is 7.43. The molecule has 1 aromatic heterocycles. The minimum atomic E-state index is 0.0372. The third-order valence-corrected chi connectivity index (χ3v) is 3.82. The fraction of sp³-hybridized carbons (Fsp3) is 0.733. The molecule has 0 fully saturated rings. The molecule has 0 radical (unpaired) electrons. The van der Waals surface area contributed by atoms with Gasteiger partial charge in [0.1, 0.15) is 5.82 Å². The Bertz CT molecular complexity index is 420. The number of hydrogen-bond donors (Lipinski definition) is 3. The number of amides is 1. The molecule has 0 spiro atoms. The van der Waals surface area contributed by atoms with Crippen LogP contribution in [0.4, 0.5) is 5.82 Å². The molecule has 0 aliphatic carbocycles. The van der Waals surface area contributed by atoms with E-state index in [0.717, 1.165) is 30.6 Å². The van der Waals surface area contributed by atoms with Crippen LogP contribution in [0, 0.1) is 11.3 Å². The number of carbonyl (C=O) groups is 1. The van der Waals surface area contributed by atoms with Crippen LogP contribution in [0.3, 0.4) is 0 Å². The Kier molecular flexibility index (Phi) is 6.20. The second-order valence-corrected chi connectivity index (χ2v) is 6.35. The van der Waals surface area contributed by atoms with Crippen molar-refractivity contribution in [3.8, 4) is 0 Å². The van der Waals surface area contributed by atoms with Gasteiger partial charge in [-0.25, -0.2) is 0 Å². The number of anilines is 1. The number of aryl methyl sites for hydroxylation is 1. The highest BCUT2D eigenvalue weighted by Gasteiger charge is 2.24. The van der Waals surface area contributed by atoms with Crippen LogP contribution in [0.15, 0.2) is 6.20 Å². The van der Waals surface area contributed by atoms with E-state index in [-0.39, 0.29) is 11.3 Å². The fourth-order valence-electron chi connectivity index (χ4n) is 2.41. The first-order valence-electron chi connectivity index (χ1n) is 7.40. The van der Waals surface area contributed by atoms with Gasteiger partial charge in [-0.15, -0.1) is 0 Å². The first kappa shape index (κ1) is 16.7. The van der Waals surface area contributed by atoms with Gasteiger partial charge in [0.2, 0.25) is 5.91 Å². The molecule has 5 nitrogen and oxygen atoms in total. The van der Waals surface area contributed by atoms with Gasteiger partial charge in [-0.05, 0) is 37.1 Å².